The first kappa shape index (κ1) is 14.1. The van der Waals surface area contributed by atoms with Gasteiger partial charge >= 0.3 is 5.97 Å². The van der Waals surface area contributed by atoms with Gasteiger partial charge in [-0.25, -0.2) is 0 Å². The van der Waals surface area contributed by atoms with Crippen LogP contribution >= 0.6 is 0 Å². The fraction of sp³-hybridized carbons (Fsp3) is 0.600. The Hall–Kier alpha value is -1.96. The third-order valence-corrected chi connectivity index (χ3v) is 2.34. The number of aromatic nitrogens is 3. The van der Waals surface area contributed by atoms with Crippen LogP contribution in [0.1, 0.15) is 19.3 Å². The van der Waals surface area contributed by atoms with Crippen molar-refractivity contribution in [1.29, 1.82) is 0 Å². The molecule has 100 valence electrons. The summed E-state index contributed by atoms with van der Waals surface area (Å²) in [5, 5.41) is 18.5. The van der Waals surface area contributed by atoms with Gasteiger partial charge in [0.1, 0.15) is 0 Å². The molecule has 1 aromatic rings. The Labute approximate surface area is 104 Å². The largest absolute Gasteiger partial charge is 0.481 e. The number of rotatable bonds is 8. The molecule has 1 heterocycles. The van der Waals surface area contributed by atoms with E-state index >= 15 is 0 Å². The second-order valence-electron chi connectivity index (χ2n) is 3.85. The minimum absolute atomic E-state index is 0.104. The second kappa shape index (κ2) is 7.38. The molecule has 0 aromatic carbocycles. The third kappa shape index (κ3) is 5.39. The highest BCUT2D eigenvalue weighted by molar-refractivity contribution is 5.82. The van der Waals surface area contributed by atoms with E-state index < -0.39 is 12.0 Å². The Morgan fingerprint density at radius 1 is 1.50 bits per heavy atom. The SMILES string of the molecule is NC(CCC(=O)O)C(=O)NCCCn1ccnn1. The van der Waals surface area contributed by atoms with E-state index in [-0.39, 0.29) is 18.7 Å². The number of carboxylic acids is 1. The van der Waals surface area contributed by atoms with Crippen molar-refractivity contribution in [1.82, 2.24) is 20.3 Å². The molecule has 4 N–H and O–H groups in total. The molecule has 1 rings (SSSR count). The molecular weight excluding hydrogens is 238 g/mol. The van der Waals surface area contributed by atoms with Crippen molar-refractivity contribution in [2.75, 3.05) is 6.54 Å². The van der Waals surface area contributed by atoms with Gasteiger partial charge in [0.05, 0.1) is 12.2 Å². The lowest BCUT2D eigenvalue weighted by Gasteiger charge is -2.10. The highest BCUT2D eigenvalue weighted by Gasteiger charge is 2.13. The molecule has 1 aromatic heterocycles. The van der Waals surface area contributed by atoms with Gasteiger partial charge in [-0.15, -0.1) is 5.10 Å². The number of amides is 1. The second-order valence-corrected chi connectivity index (χ2v) is 3.85. The van der Waals surface area contributed by atoms with Crippen LogP contribution in [0.15, 0.2) is 12.4 Å². The van der Waals surface area contributed by atoms with E-state index in [2.05, 4.69) is 15.6 Å². The van der Waals surface area contributed by atoms with Crippen molar-refractivity contribution >= 4 is 11.9 Å². The molecular formula is C10H17N5O3. The molecule has 0 fully saturated rings. The minimum Gasteiger partial charge on any atom is -0.481 e. The third-order valence-electron chi connectivity index (χ3n) is 2.34. The van der Waals surface area contributed by atoms with Crippen LogP contribution < -0.4 is 11.1 Å². The van der Waals surface area contributed by atoms with E-state index in [4.69, 9.17) is 10.8 Å². The first-order chi connectivity index (χ1) is 8.59. The molecule has 0 aliphatic rings. The van der Waals surface area contributed by atoms with E-state index in [0.29, 0.717) is 19.5 Å². The zero-order valence-electron chi connectivity index (χ0n) is 9.95. The Kier molecular flexibility index (Phi) is 5.78. The van der Waals surface area contributed by atoms with Crippen molar-refractivity contribution in [2.24, 2.45) is 5.73 Å². The van der Waals surface area contributed by atoms with Crippen LogP contribution in [0.5, 0.6) is 0 Å². The van der Waals surface area contributed by atoms with Gasteiger partial charge in [-0.2, -0.15) is 0 Å². The van der Waals surface area contributed by atoms with Gasteiger partial charge in [0.2, 0.25) is 5.91 Å². The van der Waals surface area contributed by atoms with Crippen LogP contribution in [-0.4, -0.2) is 44.6 Å². The standard InChI is InChI=1S/C10H17N5O3/c11-8(2-3-9(16)17)10(18)12-4-1-6-15-7-5-13-14-15/h5,7-8H,1-4,6,11H2,(H,12,18)(H,16,17). The topological polar surface area (TPSA) is 123 Å². The van der Waals surface area contributed by atoms with Crippen LogP contribution in [0.3, 0.4) is 0 Å². The summed E-state index contributed by atoms with van der Waals surface area (Å²) in [4.78, 5) is 21.8. The van der Waals surface area contributed by atoms with Gasteiger partial charge in [-0.1, -0.05) is 5.21 Å². The predicted molar refractivity (Wildman–Crippen MR) is 62.5 cm³/mol. The number of carboxylic acid groups (broad SMARTS) is 1. The van der Waals surface area contributed by atoms with Crippen molar-refractivity contribution in [2.45, 2.75) is 31.8 Å². The quantitative estimate of drug-likeness (QED) is 0.511. The van der Waals surface area contributed by atoms with E-state index in [1.165, 1.54) is 0 Å². The van der Waals surface area contributed by atoms with Crippen molar-refractivity contribution in [3.8, 4) is 0 Å². The molecule has 0 aliphatic heterocycles. The molecule has 0 saturated carbocycles. The molecule has 1 amide bonds. The Morgan fingerprint density at radius 3 is 2.89 bits per heavy atom. The van der Waals surface area contributed by atoms with Crippen molar-refractivity contribution in [3.63, 3.8) is 0 Å². The average molecular weight is 255 g/mol. The Morgan fingerprint density at radius 2 is 2.28 bits per heavy atom. The number of nitrogens with zero attached hydrogens (tertiary/aromatic N) is 3. The maximum atomic E-state index is 11.5. The van der Waals surface area contributed by atoms with Crippen LogP contribution in [0.4, 0.5) is 0 Å². The highest BCUT2D eigenvalue weighted by Crippen LogP contribution is 1.95. The maximum Gasteiger partial charge on any atom is 0.303 e. The molecule has 18 heavy (non-hydrogen) atoms. The predicted octanol–water partition coefficient (Wildman–Crippen LogP) is -1.02. The fourth-order valence-electron chi connectivity index (χ4n) is 1.35. The smallest absolute Gasteiger partial charge is 0.303 e. The van der Waals surface area contributed by atoms with Gasteiger partial charge < -0.3 is 16.2 Å². The summed E-state index contributed by atoms with van der Waals surface area (Å²) in [5.41, 5.74) is 5.54. The molecule has 0 aliphatic carbocycles. The monoisotopic (exact) mass is 255 g/mol. The zero-order chi connectivity index (χ0) is 13.4. The van der Waals surface area contributed by atoms with Crippen LogP contribution in [0.25, 0.3) is 0 Å². The molecule has 1 unspecified atom stereocenters. The summed E-state index contributed by atoms with van der Waals surface area (Å²) in [7, 11) is 0. The highest BCUT2D eigenvalue weighted by atomic mass is 16.4. The van der Waals surface area contributed by atoms with Crippen molar-refractivity contribution < 1.29 is 14.7 Å². The van der Waals surface area contributed by atoms with E-state index in [1.807, 2.05) is 0 Å². The lowest BCUT2D eigenvalue weighted by molar-refractivity contribution is -0.137. The van der Waals surface area contributed by atoms with E-state index in [0.717, 1.165) is 0 Å². The summed E-state index contributed by atoms with van der Waals surface area (Å²) in [5.74, 6) is -1.28. The molecule has 0 bridgehead atoms. The zero-order valence-corrected chi connectivity index (χ0v) is 9.95. The molecule has 8 heteroatoms. The van der Waals surface area contributed by atoms with Gasteiger partial charge in [0.25, 0.3) is 0 Å². The number of aliphatic carboxylic acids is 1. The molecule has 8 nitrogen and oxygen atoms in total. The number of carbonyl (C=O) groups excluding carboxylic acids is 1. The first-order valence-electron chi connectivity index (χ1n) is 5.69. The van der Waals surface area contributed by atoms with Gasteiger partial charge in [0, 0.05) is 25.7 Å². The maximum absolute atomic E-state index is 11.5. The number of carbonyl (C=O) groups is 2. The first-order valence-corrected chi connectivity index (χ1v) is 5.69. The number of hydrogen-bond donors (Lipinski definition) is 3. The number of hydrogen-bond acceptors (Lipinski definition) is 5. The lowest BCUT2D eigenvalue weighted by Crippen LogP contribution is -2.41. The summed E-state index contributed by atoms with van der Waals surface area (Å²) in [6, 6.07) is -0.771. The molecule has 0 saturated heterocycles. The number of nitrogens with one attached hydrogen (secondary N) is 1. The normalized spacial score (nSPS) is 12.1. The van der Waals surface area contributed by atoms with Gasteiger partial charge in [-0.05, 0) is 12.8 Å². The van der Waals surface area contributed by atoms with Gasteiger partial charge in [0.15, 0.2) is 0 Å². The summed E-state index contributed by atoms with van der Waals surface area (Å²) in [6.45, 7) is 1.13. The van der Waals surface area contributed by atoms with Crippen molar-refractivity contribution in [3.05, 3.63) is 12.4 Å². The van der Waals surface area contributed by atoms with E-state index in [1.54, 1.807) is 17.1 Å². The summed E-state index contributed by atoms with van der Waals surface area (Å²) in [6.07, 6.45) is 4.07. The minimum atomic E-state index is -0.954. The lowest BCUT2D eigenvalue weighted by atomic mass is 10.1. The summed E-state index contributed by atoms with van der Waals surface area (Å²) < 4.78 is 1.66. The number of aryl methyl sites for hydroxylation is 1. The molecule has 0 radical (unpaired) electrons. The molecule has 0 spiro atoms. The van der Waals surface area contributed by atoms with Crippen LogP contribution in [-0.2, 0) is 16.1 Å². The van der Waals surface area contributed by atoms with Crippen LogP contribution in [0.2, 0.25) is 0 Å². The Bertz CT molecular complexity index is 379. The molecule has 1 atom stereocenters. The van der Waals surface area contributed by atoms with E-state index in [9.17, 15) is 9.59 Å². The fourth-order valence-corrected chi connectivity index (χ4v) is 1.35. The van der Waals surface area contributed by atoms with Crippen LogP contribution in [0, 0.1) is 0 Å². The van der Waals surface area contributed by atoms with Gasteiger partial charge in [-0.3, -0.25) is 14.3 Å². The average Bonchev–Trinajstić information content (AvgIpc) is 2.84. The Balaban J connectivity index is 2.10. The number of nitrogens with two attached hydrogens (primary N) is 1. The summed E-state index contributed by atoms with van der Waals surface area (Å²) >= 11 is 0.